The zero-order valence-corrected chi connectivity index (χ0v) is 14.5. The van der Waals surface area contributed by atoms with E-state index in [1.807, 2.05) is 0 Å². The van der Waals surface area contributed by atoms with Crippen LogP contribution in [0.1, 0.15) is 26.3 Å². The van der Waals surface area contributed by atoms with Gasteiger partial charge >= 0.3 is 5.97 Å². The van der Waals surface area contributed by atoms with Crippen LogP contribution in [0.5, 0.6) is 0 Å². The summed E-state index contributed by atoms with van der Waals surface area (Å²) in [6.45, 7) is 0.215. The molecule has 0 aliphatic heterocycles. The second-order valence-electron chi connectivity index (χ2n) is 5.71. The van der Waals surface area contributed by atoms with Crippen molar-refractivity contribution in [2.45, 2.75) is 6.54 Å². The summed E-state index contributed by atoms with van der Waals surface area (Å²) in [5.41, 5.74) is 7.76. The number of nitrogen functional groups attached to an aromatic ring is 1. The number of esters is 1. The Hall–Kier alpha value is -3.68. The van der Waals surface area contributed by atoms with Gasteiger partial charge in [0.2, 0.25) is 0 Å². The lowest BCUT2D eigenvalue weighted by atomic mass is 10.1. The summed E-state index contributed by atoms with van der Waals surface area (Å²) >= 11 is 0. The predicted molar refractivity (Wildman–Crippen MR) is 96.9 cm³/mol. The molecule has 0 aliphatic carbocycles. The van der Waals surface area contributed by atoms with Crippen molar-refractivity contribution in [2.24, 2.45) is 0 Å². The summed E-state index contributed by atoms with van der Waals surface area (Å²) in [7, 11) is 1.26. The first kappa shape index (κ1) is 18.1. The molecule has 0 saturated heterocycles. The van der Waals surface area contributed by atoms with Crippen molar-refractivity contribution in [3.05, 3.63) is 77.2 Å². The van der Waals surface area contributed by atoms with Crippen LogP contribution in [0.3, 0.4) is 0 Å². The zero-order chi connectivity index (χ0) is 19.4. The maximum absolute atomic E-state index is 13.2. The third-order valence-electron chi connectivity index (χ3n) is 3.93. The molecule has 0 unspecified atom stereocenters. The van der Waals surface area contributed by atoms with Gasteiger partial charge in [-0.05, 0) is 42.0 Å². The number of anilines is 1. The molecule has 27 heavy (non-hydrogen) atoms. The molecule has 3 N–H and O–H groups in total. The van der Waals surface area contributed by atoms with E-state index in [9.17, 15) is 14.0 Å². The number of benzene rings is 2. The number of amides is 1. The SMILES string of the molecule is COC(=O)c1cnn(-c2ccc(C(=O)NCc3cccc(F)c3)cc2)c1N. The van der Waals surface area contributed by atoms with Gasteiger partial charge in [-0.15, -0.1) is 0 Å². The molecule has 0 bridgehead atoms. The van der Waals surface area contributed by atoms with Gasteiger partial charge < -0.3 is 15.8 Å². The van der Waals surface area contributed by atoms with Gasteiger partial charge in [0.1, 0.15) is 17.2 Å². The van der Waals surface area contributed by atoms with Gasteiger partial charge in [-0.3, -0.25) is 4.79 Å². The summed E-state index contributed by atoms with van der Waals surface area (Å²) in [5, 5.41) is 6.79. The second kappa shape index (κ2) is 7.69. The summed E-state index contributed by atoms with van der Waals surface area (Å²) in [5.74, 6) is -1.08. The number of nitrogens with two attached hydrogens (primary N) is 1. The highest BCUT2D eigenvalue weighted by Gasteiger charge is 2.16. The smallest absolute Gasteiger partial charge is 0.343 e. The topological polar surface area (TPSA) is 99.2 Å². The number of halogens is 1. The Morgan fingerprint density at radius 2 is 1.96 bits per heavy atom. The fourth-order valence-electron chi connectivity index (χ4n) is 2.52. The molecule has 7 nitrogen and oxygen atoms in total. The Bertz CT molecular complexity index is 983. The minimum Gasteiger partial charge on any atom is -0.465 e. The minimum atomic E-state index is -0.577. The third kappa shape index (κ3) is 3.95. The molecule has 3 aromatic rings. The molecule has 2 aromatic carbocycles. The van der Waals surface area contributed by atoms with Crippen molar-refractivity contribution in [3.8, 4) is 5.69 Å². The monoisotopic (exact) mass is 368 g/mol. The number of aromatic nitrogens is 2. The van der Waals surface area contributed by atoms with Gasteiger partial charge in [-0.2, -0.15) is 5.10 Å². The number of hydrogen-bond donors (Lipinski definition) is 2. The number of rotatable bonds is 5. The molecule has 8 heteroatoms. The highest BCUT2D eigenvalue weighted by Crippen LogP contribution is 2.18. The lowest BCUT2D eigenvalue weighted by Crippen LogP contribution is -2.22. The molecular weight excluding hydrogens is 351 g/mol. The summed E-state index contributed by atoms with van der Waals surface area (Å²) in [6.07, 6.45) is 1.32. The average Bonchev–Trinajstić information content (AvgIpc) is 3.07. The molecular formula is C19H17FN4O3. The van der Waals surface area contributed by atoms with Crippen LogP contribution >= 0.6 is 0 Å². The molecule has 0 atom stereocenters. The number of carbonyl (C=O) groups is 2. The lowest BCUT2D eigenvalue weighted by Gasteiger charge is -2.08. The fourth-order valence-corrected chi connectivity index (χ4v) is 2.52. The van der Waals surface area contributed by atoms with Crippen LogP contribution in [0, 0.1) is 5.82 Å². The average molecular weight is 368 g/mol. The molecule has 1 amide bonds. The van der Waals surface area contributed by atoms with Crippen molar-refractivity contribution in [2.75, 3.05) is 12.8 Å². The number of hydrogen-bond acceptors (Lipinski definition) is 5. The normalized spacial score (nSPS) is 10.4. The van der Waals surface area contributed by atoms with Crippen molar-refractivity contribution in [1.29, 1.82) is 0 Å². The maximum Gasteiger partial charge on any atom is 0.343 e. The van der Waals surface area contributed by atoms with E-state index in [2.05, 4.69) is 15.2 Å². The Labute approximate surface area is 154 Å². The first-order valence-electron chi connectivity index (χ1n) is 8.04. The number of nitrogens with one attached hydrogen (secondary N) is 1. The van der Waals surface area contributed by atoms with E-state index >= 15 is 0 Å². The Balaban J connectivity index is 1.71. The number of nitrogens with zero attached hydrogens (tertiary/aromatic N) is 2. The zero-order valence-electron chi connectivity index (χ0n) is 14.5. The molecule has 138 valence electrons. The van der Waals surface area contributed by atoms with E-state index < -0.39 is 5.97 Å². The first-order chi connectivity index (χ1) is 13.0. The number of carbonyl (C=O) groups excluding carboxylic acids is 2. The Kier molecular flexibility index (Phi) is 5.16. The van der Waals surface area contributed by atoms with Crippen LogP contribution in [0.15, 0.2) is 54.7 Å². The summed E-state index contributed by atoms with van der Waals surface area (Å²) < 4.78 is 19.2. The van der Waals surface area contributed by atoms with Crippen LogP contribution in [0.25, 0.3) is 5.69 Å². The van der Waals surface area contributed by atoms with Crippen molar-refractivity contribution in [3.63, 3.8) is 0 Å². The van der Waals surface area contributed by atoms with Crippen molar-refractivity contribution in [1.82, 2.24) is 15.1 Å². The molecule has 3 rings (SSSR count). The fraction of sp³-hybridized carbons (Fsp3) is 0.105. The number of methoxy groups -OCH3 is 1. The Morgan fingerprint density at radius 3 is 2.63 bits per heavy atom. The van der Waals surface area contributed by atoms with Crippen molar-refractivity contribution < 1.29 is 18.7 Å². The van der Waals surface area contributed by atoms with Gasteiger partial charge in [0, 0.05) is 12.1 Å². The van der Waals surface area contributed by atoms with Gasteiger partial charge in [0.05, 0.1) is 19.0 Å². The molecule has 1 heterocycles. The Morgan fingerprint density at radius 1 is 1.22 bits per heavy atom. The van der Waals surface area contributed by atoms with Crippen molar-refractivity contribution >= 4 is 17.7 Å². The van der Waals surface area contributed by atoms with E-state index in [0.29, 0.717) is 16.8 Å². The molecule has 0 saturated carbocycles. The predicted octanol–water partition coefficient (Wildman–Crippen LogP) is 2.31. The first-order valence-corrected chi connectivity index (χ1v) is 8.04. The standard InChI is InChI=1S/C19H17FN4O3/c1-27-19(26)16-11-23-24(17(16)21)15-7-5-13(6-8-15)18(25)22-10-12-3-2-4-14(20)9-12/h2-9,11H,10,21H2,1H3,(H,22,25). The molecule has 0 radical (unpaired) electrons. The van der Waals surface area contributed by atoms with E-state index in [-0.39, 0.29) is 29.7 Å². The van der Waals surface area contributed by atoms with E-state index in [1.165, 1.54) is 30.1 Å². The van der Waals surface area contributed by atoms with Gasteiger partial charge in [0.15, 0.2) is 0 Å². The van der Waals surface area contributed by atoms with Crippen LogP contribution < -0.4 is 11.1 Å². The second-order valence-corrected chi connectivity index (χ2v) is 5.71. The van der Waals surface area contributed by atoms with Crippen LogP contribution in [-0.2, 0) is 11.3 Å². The maximum atomic E-state index is 13.2. The van der Waals surface area contributed by atoms with Crippen LogP contribution in [-0.4, -0.2) is 28.8 Å². The highest BCUT2D eigenvalue weighted by molar-refractivity contribution is 5.95. The summed E-state index contributed by atoms with van der Waals surface area (Å²) in [6, 6.07) is 12.5. The number of ether oxygens (including phenoxy) is 1. The van der Waals surface area contributed by atoms with E-state index in [4.69, 9.17) is 5.73 Å². The lowest BCUT2D eigenvalue weighted by molar-refractivity contribution is 0.0601. The highest BCUT2D eigenvalue weighted by atomic mass is 19.1. The van der Waals surface area contributed by atoms with Gasteiger partial charge in [0.25, 0.3) is 5.91 Å². The van der Waals surface area contributed by atoms with E-state index in [0.717, 1.165) is 0 Å². The molecule has 1 aromatic heterocycles. The molecule has 0 spiro atoms. The molecule has 0 fully saturated rings. The van der Waals surface area contributed by atoms with Crippen LogP contribution in [0.4, 0.5) is 10.2 Å². The van der Waals surface area contributed by atoms with Crippen LogP contribution in [0.2, 0.25) is 0 Å². The summed E-state index contributed by atoms with van der Waals surface area (Å²) in [4.78, 5) is 23.8. The largest absolute Gasteiger partial charge is 0.465 e. The van der Waals surface area contributed by atoms with Gasteiger partial charge in [-0.1, -0.05) is 12.1 Å². The quantitative estimate of drug-likeness (QED) is 0.673. The van der Waals surface area contributed by atoms with E-state index in [1.54, 1.807) is 36.4 Å². The molecule has 0 aliphatic rings. The minimum absolute atomic E-state index is 0.144. The third-order valence-corrected chi connectivity index (χ3v) is 3.93. The van der Waals surface area contributed by atoms with Gasteiger partial charge in [-0.25, -0.2) is 13.9 Å².